The molecule has 23 heavy (non-hydrogen) atoms. The van der Waals surface area contributed by atoms with Crippen LogP contribution in [0, 0.1) is 0 Å². The molecule has 1 unspecified atom stereocenters. The third-order valence-electron chi connectivity index (χ3n) is 4.06. The van der Waals surface area contributed by atoms with Gasteiger partial charge in [-0.05, 0) is 25.0 Å². The fourth-order valence-electron chi connectivity index (χ4n) is 2.57. The summed E-state index contributed by atoms with van der Waals surface area (Å²) in [6, 6.07) is 5.72. The maximum atomic E-state index is 6.32. The topological polar surface area (TPSA) is 12.9 Å². The van der Waals surface area contributed by atoms with Gasteiger partial charge in [-0.3, -0.25) is 4.98 Å². The summed E-state index contributed by atoms with van der Waals surface area (Å²) in [5, 5.41) is 0.447. The van der Waals surface area contributed by atoms with Crippen molar-refractivity contribution in [3.8, 4) is 0 Å². The van der Waals surface area contributed by atoms with E-state index < -0.39 is 0 Å². The van der Waals surface area contributed by atoms with E-state index in [1.165, 1.54) is 83.5 Å². The van der Waals surface area contributed by atoms with Crippen molar-refractivity contribution in [3.63, 3.8) is 0 Å². The van der Waals surface area contributed by atoms with Gasteiger partial charge in [-0.15, -0.1) is 11.6 Å². The second-order valence-corrected chi connectivity index (χ2v) is 7.00. The summed E-state index contributed by atoms with van der Waals surface area (Å²) < 4.78 is 0. The van der Waals surface area contributed by atoms with E-state index in [-0.39, 0.29) is 0 Å². The van der Waals surface area contributed by atoms with Crippen LogP contribution in [0.5, 0.6) is 0 Å². The molecule has 134 valence electrons. The highest BCUT2D eigenvalue weighted by Gasteiger charge is 2.03. The predicted octanol–water partition coefficient (Wildman–Crippen LogP) is 7.79. The fourth-order valence-corrected chi connectivity index (χ4v) is 2.88. The summed E-state index contributed by atoms with van der Waals surface area (Å²) in [7, 11) is 0. The highest BCUT2D eigenvalue weighted by atomic mass is 35.5. The molecule has 1 nitrogen and oxygen atoms in total. The summed E-state index contributed by atoms with van der Waals surface area (Å²) in [5.41, 5.74) is 0. The van der Waals surface area contributed by atoms with Crippen LogP contribution >= 0.6 is 11.6 Å². The minimum absolute atomic E-state index is 0.447. The number of alkyl halides is 1. The van der Waals surface area contributed by atoms with Gasteiger partial charge >= 0.3 is 0 Å². The Bertz CT molecular complexity index is 275. The number of pyridine rings is 1. The van der Waals surface area contributed by atoms with Crippen LogP contribution in [0.4, 0.5) is 0 Å². The zero-order valence-corrected chi connectivity index (χ0v) is 16.2. The van der Waals surface area contributed by atoms with Crippen LogP contribution in [-0.2, 0) is 0 Å². The number of rotatable bonds is 13. The number of hydrogen-bond acceptors (Lipinski definition) is 1. The van der Waals surface area contributed by atoms with Gasteiger partial charge < -0.3 is 0 Å². The molecule has 0 aliphatic rings. The van der Waals surface area contributed by atoms with Gasteiger partial charge in [0.2, 0.25) is 0 Å². The molecule has 0 amide bonds. The lowest BCUT2D eigenvalue weighted by Gasteiger charge is -2.08. The van der Waals surface area contributed by atoms with Crippen LogP contribution in [0.15, 0.2) is 30.6 Å². The van der Waals surface area contributed by atoms with Crippen molar-refractivity contribution in [1.82, 2.24) is 4.98 Å². The maximum absolute atomic E-state index is 6.32. The maximum Gasteiger partial charge on any atom is 0.0336 e. The Balaban J connectivity index is 0.000000664. The number of aromatic nitrogens is 1. The van der Waals surface area contributed by atoms with Crippen LogP contribution in [0.1, 0.15) is 97.3 Å². The molecular weight excluding hydrogens is 302 g/mol. The third kappa shape index (κ3) is 19.4. The Kier molecular flexibility index (Phi) is 19.0. The first-order valence-electron chi connectivity index (χ1n) is 9.80. The van der Waals surface area contributed by atoms with Crippen molar-refractivity contribution in [3.05, 3.63) is 30.6 Å². The van der Waals surface area contributed by atoms with Crippen LogP contribution in [0.3, 0.4) is 0 Å². The summed E-state index contributed by atoms with van der Waals surface area (Å²) in [4.78, 5) is 3.78. The van der Waals surface area contributed by atoms with Gasteiger partial charge in [0.15, 0.2) is 0 Å². The predicted molar refractivity (Wildman–Crippen MR) is 105 cm³/mol. The minimum atomic E-state index is 0.447. The van der Waals surface area contributed by atoms with Crippen molar-refractivity contribution < 1.29 is 0 Å². The van der Waals surface area contributed by atoms with Crippen LogP contribution in [0.2, 0.25) is 0 Å². The Labute approximate surface area is 150 Å². The molecule has 0 aliphatic carbocycles. The number of unbranched alkanes of at least 4 members (excludes halogenated alkanes) is 9. The van der Waals surface area contributed by atoms with Gasteiger partial charge in [-0.1, -0.05) is 90.5 Å². The summed E-state index contributed by atoms with van der Waals surface area (Å²) >= 11 is 6.32. The van der Waals surface area contributed by atoms with E-state index in [1.54, 1.807) is 12.4 Å². The Morgan fingerprint density at radius 3 is 1.48 bits per heavy atom. The quantitative estimate of drug-likeness (QED) is 0.264. The molecule has 1 rings (SSSR count). The Hall–Kier alpha value is -0.560. The SMILES string of the molecule is CCCCCCCCCC(Cl)CCCCCC.c1ccncc1. The standard InChI is InChI=1S/C16H33Cl.C5H5N/c1-3-5-7-9-10-11-13-15-16(17)14-12-8-6-4-2;1-2-4-6-5-3-1/h16H,3-15H2,1-2H3;1-5H. The summed E-state index contributed by atoms with van der Waals surface area (Å²) in [5.74, 6) is 0. The molecule has 0 N–H and O–H groups in total. The van der Waals surface area contributed by atoms with Gasteiger partial charge in [-0.2, -0.15) is 0 Å². The van der Waals surface area contributed by atoms with E-state index in [2.05, 4.69) is 18.8 Å². The molecule has 0 radical (unpaired) electrons. The first-order chi connectivity index (χ1) is 11.3. The number of nitrogens with zero attached hydrogens (tertiary/aromatic N) is 1. The Morgan fingerprint density at radius 1 is 0.652 bits per heavy atom. The third-order valence-corrected chi connectivity index (χ3v) is 4.49. The van der Waals surface area contributed by atoms with E-state index in [0.717, 1.165) is 0 Å². The van der Waals surface area contributed by atoms with Gasteiger partial charge in [0.1, 0.15) is 0 Å². The molecule has 1 aromatic rings. The molecule has 0 saturated carbocycles. The average Bonchev–Trinajstić information content (AvgIpc) is 2.60. The smallest absolute Gasteiger partial charge is 0.0336 e. The first-order valence-corrected chi connectivity index (χ1v) is 10.2. The minimum Gasteiger partial charge on any atom is -0.265 e. The lowest BCUT2D eigenvalue weighted by Crippen LogP contribution is -1.98. The second kappa shape index (κ2) is 19.5. The van der Waals surface area contributed by atoms with Crippen LogP contribution < -0.4 is 0 Å². The van der Waals surface area contributed by atoms with E-state index in [1.807, 2.05) is 18.2 Å². The van der Waals surface area contributed by atoms with Gasteiger partial charge in [0.25, 0.3) is 0 Å². The molecule has 0 saturated heterocycles. The summed E-state index contributed by atoms with van der Waals surface area (Å²) in [6.07, 6.45) is 21.1. The van der Waals surface area contributed by atoms with E-state index in [4.69, 9.17) is 11.6 Å². The molecule has 0 bridgehead atoms. The first kappa shape index (κ1) is 22.4. The van der Waals surface area contributed by atoms with Crippen molar-refractivity contribution in [2.45, 2.75) is 103 Å². The van der Waals surface area contributed by atoms with Crippen molar-refractivity contribution >= 4 is 11.6 Å². The van der Waals surface area contributed by atoms with Crippen molar-refractivity contribution in [2.75, 3.05) is 0 Å². The summed E-state index contributed by atoms with van der Waals surface area (Å²) in [6.45, 7) is 4.54. The molecule has 0 aliphatic heterocycles. The van der Waals surface area contributed by atoms with E-state index >= 15 is 0 Å². The van der Waals surface area contributed by atoms with Gasteiger partial charge in [0.05, 0.1) is 0 Å². The fraction of sp³-hybridized carbons (Fsp3) is 0.762. The monoisotopic (exact) mass is 339 g/mol. The molecular formula is C21H38ClN. The van der Waals surface area contributed by atoms with Gasteiger partial charge in [0, 0.05) is 17.8 Å². The second-order valence-electron chi connectivity index (χ2n) is 6.38. The highest BCUT2D eigenvalue weighted by Crippen LogP contribution is 2.17. The van der Waals surface area contributed by atoms with Gasteiger partial charge in [-0.25, -0.2) is 0 Å². The Morgan fingerprint density at radius 2 is 1.09 bits per heavy atom. The lowest BCUT2D eigenvalue weighted by molar-refractivity contribution is 0.542. The average molecular weight is 340 g/mol. The van der Waals surface area contributed by atoms with Crippen LogP contribution in [-0.4, -0.2) is 10.4 Å². The largest absolute Gasteiger partial charge is 0.265 e. The molecule has 1 atom stereocenters. The normalized spacial score (nSPS) is 11.6. The molecule has 0 aromatic carbocycles. The number of hydrogen-bond donors (Lipinski definition) is 0. The molecule has 2 heteroatoms. The van der Waals surface area contributed by atoms with Crippen molar-refractivity contribution in [1.29, 1.82) is 0 Å². The van der Waals surface area contributed by atoms with Crippen LogP contribution in [0.25, 0.3) is 0 Å². The van der Waals surface area contributed by atoms with E-state index in [9.17, 15) is 0 Å². The van der Waals surface area contributed by atoms with Crippen molar-refractivity contribution in [2.24, 2.45) is 0 Å². The van der Waals surface area contributed by atoms with E-state index in [0.29, 0.717) is 5.38 Å². The molecule has 1 aromatic heterocycles. The zero-order chi connectivity index (χ0) is 17.0. The zero-order valence-electron chi connectivity index (χ0n) is 15.5. The lowest BCUT2D eigenvalue weighted by atomic mass is 10.0. The highest BCUT2D eigenvalue weighted by molar-refractivity contribution is 6.20. The molecule has 0 spiro atoms. The molecule has 0 fully saturated rings. The number of halogens is 1. The molecule has 1 heterocycles.